The molecular weight excluding hydrogens is 256 g/mol. The van der Waals surface area contributed by atoms with E-state index in [-0.39, 0.29) is 5.56 Å². The lowest BCUT2D eigenvalue weighted by Crippen LogP contribution is -2.03. The first-order chi connectivity index (χ1) is 9.56. The van der Waals surface area contributed by atoms with Gasteiger partial charge in [0, 0.05) is 7.05 Å². The minimum Gasteiger partial charge on any atom is -0.478 e. The van der Waals surface area contributed by atoms with Crippen LogP contribution >= 0.6 is 0 Å². The van der Waals surface area contributed by atoms with Gasteiger partial charge < -0.3 is 5.11 Å². The number of rotatable bonds is 3. The van der Waals surface area contributed by atoms with Crippen LogP contribution in [0, 0.1) is 6.92 Å². The third kappa shape index (κ3) is 1.95. The zero-order valence-corrected chi connectivity index (χ0v) is 11.2. The van der Waals surface area contributed by atoms with Crippen molar-refractivity contribution in [2.45, 2.75) is 13.5 Å². The highest BCUT2D eigenvalue weighted by Gasteiger charge is 2.11. The minimum atomic E-state index is -0.916. The van der Waals surface area contributed by atoms with Crippen LogP contribution in [0.2, 0.25) is 0 Å². The Labute approximate surface area is 115 Å². The van der Waals surface area contributed by atoms with Crippen molar-refractivity contribution in [3.63, 3.8) is 0 Å². The number of hydrogen-bond acceptors (Lipinski definition) is 3. The van der Waals surface area contributed by atoms with Crippen LogP contribution in [-0.2, 0) is 13.6 Å². The van der Waals surface area contributed by atoms with Gasteiger partial charge in [0.2, 0.25) is 0 Å². The van der Waals surface area contributed by atoms with E-state index in [4.69, 9.17) is 5.11 Å². The zero-order valence-electron chi connectivity index (χ0n) is 11.2. The molecule has 0 aliphatic carbocycles. The molecule has 2 aromatic heterocycles. The standard InChI is InChI=1S/C14H14N4O2/c1-9-13-12(17(2)16-9)7-15-18(13)8-10-3-5-11(6-4-10)14(19)20/h3-7H,8H2,1-2H3,(H,19,20). The molecule has 0 saturated heterocycles. The molecule has 6 heteroatoms. The van der Waals surface area contributed by atoms with Crippen LogP contribution in [0.1, 0.15) is 21.6 Å². The van der Waals surface area contributed by atoms with Gasteiger partial charge in [0.1, 0.15) is 11.0 Å². The van der Waals surface area contributed by atoms with Crippen LogP contribution in [0.15, 0.2) is 30.5 Å². The fourth-order valence-electron chi connectivity index (χ4n) is 2.36. The maximum Gasteiger partial charge on any atom is 0.335 e. The lowest BCUT2D eigenvalue weighted by Gasteiger charge is -2.04. The summed E-state index contributed by atoms with van der Waals surface area (Å²) in [7, 11) is 1.89. The summed E-state index contributed by atoms with van der Waals surface area (Å²) in [6.45, 7) is 2.55. The average Bonchev–Trinajstić information content (AvgIpc) is 2.94. The Kier molecular flexibility index (Phi) is 2.78. The summed E-state index contributed by atoms with van der Waals surface area (Å²) >= 11 is 0. The topological polar surface area (TPSA) is 72.9 Å². The van der Waals surface area contributed by atoms with Gasteiger partial charge >= 0.3 is 5.97 Å². The monoisotopic (exact) mass is 270 g/mol. The van der Waals surface area contributed by atoms with Crippen LogP contribution < -0.4 is 0 Å². The number of fused-ring (bicyclic) bond motifs is 1. The third-order valence-electron chi connectivity index (χ3n) is 3.34. The summed E-state index contributed by atoms with van der Waals surface area (Å²) in [6, 6.07) is 6.83. The second-order valence-electron chi connectivity index (χ2n) is 4.75. The van der Waals surface area contributed by atoms with Crippen molar-refractivity contribution in [1.82, 2.24) is 19.6 Å². The van der Waals surface area contributed by atoms with Crippen LogP contribution in [-0.4, -0.2) is 30.6 Å². The van der Waals surface area contributed by atoms with Gasteiger partial charge in [-0.1, -0.05) is 12.1 Å². The third-order valence-corrected chi connectivity index (χ3v) is 3.34. The Balaban J connectivity index is 1.95. The van der Waals surface area contributed by atoms with Crippen LogP contribution in [0.3, 0.4) is 0 Å². The van der Waals surface area contributed by atoms with Crippen molar-refractivity contribution in [2.75, 3.05) is 0 Å². The SMILES string of the molecule is Cc1nn(C)c2cnn(Cc3ccc(C(=O)O)cc3)c12. The molecule has 0 radical (unpaired) electrons. The molecule has 1 N–H and O–H groups in total. The molecule has 102 valence electrons. The van der Waals surface area contributed by atoms with Crippen molar-refractivity contribution in [1.29, 1.82) is 0 Å². The van der Waals surface area contributed by atoms with Crippen LogP contribution in [0.5, 0.6) is 0 Å². The van der Waals surface area contributed by atoms with Crippen LogP contribution in [0.4, 0.5) is 0 Å². The number of carboxylic acid groups (broad SMARTS) is 1. The van der Waals surface area contributed by atoms with Crippen molar-refractivity contribution in [2.24, 2.45) is 7.05 Å². The number of carbonyl (C=O) groups is 1. The minimum absolute atomic E-state index is 0.289. The fourth-order valence-corrected chi connectivity index (χ4v) is 2.36. The van der Waals surface area contributed by atoms with E-state index in [0.29, 0.717) is 6.54 Å². The fraction of sp³-hybridized carbons (Fsp3) is 0.214. The summed E-state index contributed by atoms with van der Waals surface area (Å²) in [5.74, 6) is -0.916. The second kappa shape index (κ2) is 4.48. The molecular formula is C14H14N4O2. The van der Waals surface area contributed by atoms with E-state index in [1.54, 1.807) is 18.3 Å². The van der Waals surface area contributed by atoms with E-state index in [1.165, 1.54) is 0 Å². The Morgan fingerprint density at radius 2 is 2.00 bits per heavy atom. The second-order valence-corrected chi connectivity index (χ2v) is 4.75. The Hall–Kier alpha value is -2.63. The van der Waals surface area contributed by atoms with E-state index in [0.717, 1.165) is 22.3 Å². The Morgan fingerprint density at radius 3 is 2.65 bits per heavy atom. The molecule has 0 spiro atoms. The molecule has 0 amide bonds. The van der Waals surface area contributed by atoms with Gasteiger partial charge in [-0.15, -0.1) is 0 Å². The van der Waals surface area contributed by atoms with Gasteiger partial charge in [0.15, 0.2) is 0 Å². The van der Waals surface area contributed by atoms with E-state index in [9.17, 15) is 4.79 Å². The number of benzene rings is 1. The molecule has 20 heavy (non-hydrogen) atoms. The van der Waals surface area contributed by atoms with Gasteiger partial charge in [0.25, 0.3) is 0 Å². The summed E-state index contributed by atoms with van der Waals surface area (Å²) in [5, 5.41) is 17.6. The molecule has 6 nitrogen and oxygen atoms in total. The van der Waals surface area contributed by atoms with Crippen molar-refractivity contribution >= 4 is 17.0 Å². The predicted octanol–water partition coefficient (Wildman–Crippen LogP) is 1.82. The highest BCUT2D eigenvalue weighted by atomic mass is 16.4. The van der Waals surface area contributed by atoms with Crippen molar-refractivity contribution in [3.05, 3.63) is 47.3 Å². The molecule has 0 aliphatic rings. The molecule has 0 aliphatic heterocycles. The predicted molar refractivity (Wildman–Crippen MR) is 73.7 cm³/mol. The summed E-state index contributed by atoms with van der Waals surface area (Å²) in [5.41, 5.74) is 4.22. The van der Waals surface area contributed by atoms with Gasteiger partial charge in [-0.05, 0) is 24.6 Å². The van der Waals surface area contributed by atoms with E-state index >= 15 is 0 Å². The smallest absolute Gasteiger partial charge is 0.335 e. The molecule has 0 saturated carbocycles. The lowest BCUT2D eigenvalue weighted by molar-refractivity contribution is 0.0697. The van der Waals surface area contributed by atoms with Crippen molar-refractivity contribution < 1.29 is 9.90 Å². The molecule has 0 bridgehead atoms. The first-order valence-electron chi connectivity index (χ1n) is 6.23. The van der Waals surface area contributed by atoms with E-state index < -0.39 is 5.97 Å². The van der Waals surface area contributed by atoms with Gasteiger partial charge in [-0.2, -0.15) is 10.2 Å². The number of carboxylic acids is 1. The number of hydrogen-bond donors (Lipinski definition) is 1. The largest absolute Gasteiger partial charge is 0.478 e. The maximum atomic E-state index is 10.8. The average molecular weight is 270 g/mol. The first kappa shape index (κ1) is 12.4. The molecule has 0 fully saturated rings. The highest BCUT2D eigenvalue weighted by molar-refractivity contribution is 5.87. The molecule has 2 heterocycles. The number of aromatic carboxylic acids is 1. The first-order valence-corrected chi connectivity index (χ1v) is 6.23. The zero-order chi connectivity index (χ0) is 14.3. The molecule has 1 aromatic carbocycles. The Morgan fingerprint density at radius 1 is 1.30 bits per heavy atom. The lowest BCUT2D eigenvalue weighted by atomic mass is 10.1. The molecule has 0 atom stereocenters. The highest BCUT2D eigenvalue weighted by Crippen LogP contribution is 2.18. The quantitative estimate of drug-likeness (QED) is 0.788. The summed E-state index contributed by atoms with van der Waals surface area (Å²) < 4.78 is 3.69. The summed E-state index contributed by atoms with van der Waals surface area (Å²) in [4.78, 5) is 10.8. The molecule has 3 aromatic rings. The molecule has 0 unspecified atom stereocenters. The maximum absolute atomic E-state index is 10.8. The van der Waals surface area contributed by atoms with Gasteiger partial charge in [0.05, 0.1) is 24.0 Å². The number of nitrogens with zero attached hydrogens (tertiary/aromatic N) is 4. The van der Waals surface area contributed by atoms with Gasteiger partial charge in [-0.25, -0.2) is 4.79 Å². The van der Waals surface area contributed by atoms with E-state index in [2.05, 4.69) is 10.2 Å². The Bertz CT molecular complexity index is 783. The van der Waals surface area contributed by atoms with Crippen LogP contribution in [0.25, 0.3) is 11.0 Å². The molecule has 3 rings (SSSR count). The van der Waals surface area contributed by atoms with E-state index in [1.807, 2.05) is 35.5 Å². The van der Waals surface area contributed by atoms with Gasteiger partial charge in [-0.3, -0.25) is 9.36 Å². The number of aromatic nitrogens is 4. The summed E-state index contributed by atoms with van der Waals surface area (Å²) in [6.07, 6.45) is 1.79. The number of aryl methyl sites for hydroxylation is 2. The van der Waals surface area contributed by atoms with Crippen molar-refractivity contribution in [3.8, 4) is 0 Å². The normalized spacial score (nSPS) is 11.1.